The third-order valence-electron chi connectivity index (χ3n) is 7.09. The van der Waals surface area contributed by atoms with E-state index < -0.39 is 0 Å². The van der Waals surface area contributed by atoms with E-state index in [0.29, 0.717) is 26.2 Å². The Morgan fingerprint density at radius 2 is 1.62 bits per heavy atom. The highest BCUT2D eigenvalue weighted by Crippen LogP contribution is 2.37. The van der Waals surface area contributed by atoms with E-state index in [9.17, 15) is 4.79 Å². The monoisotopic (exact) mass is 515 g/mol. The van der Waals surface area contributed by atoms with Crippen molar-refractivity contribution in [2.24, 2.45) is 0 Å². The maximum Gasteiger partial charge on any atom is 0.246 e. The molecule has 1 fully saturated rings. The molecule has 6 rings (SSSR count). The molecule has 0 N–H and O–H groups in total. The molecule has 1 saturated heterocycles. The lowest BCUT2D eigenvalue weighted by molar-refractivity contribution is -0.126. The molecule has 1 aliphatic rings. The molecule has 2 aromatic heterocycles. The number of amides is 1. The van der Waals surface area contributed by atoms with Crippen molar-refractivity contribution in [3.05, 3.63) is 109 Å². The largest absolute Gasteiger partial charge is 0.497 e. The molecule has 3 heterocycles. The van der Waals surface area contributed by atoms with Gasteiger partial charge < -0.3 is 19.1 Å². The Bertz CT molecular complexity index is 1620. The molecule has 0 spiro atoms. The lowest BCUT2D eigenvalue weighted by atomic mass is 10.1. The van der Waals surface area contributed by atoms with E-state index in [1.54, 1.807) is 19.5 Å². The van der Waals surface area contributed by atoms with Gasteiger partial charge in [-0.05, 0) is 41.5 Å². The fraction of sp³-hybridized carbons (Fsp3) is 0.156. The molecule has 1 aliphatic heterocycles. The Labute approximate surface area is 227 Å². The fourth-order valence-electron chi connectivity index (χ4n) is 5.06. The maximum absolute atomic E-state index is 12.9. The van der Waals surface area contributed by atoms with Crippen LogP contribution in [0.3, 0.4) is 0 Å². The molecule has 7 heteroatoms. The second-order valence-corrected chi connectivity index (χ2v) is 9.43. The number of carbonyl (C=O) groups excluding carboxylic acids is 1. The summed E-state index contributed by atoms with van der Waals surface area (Å²) in [7, 11) is 1.64. The number of hydrogen-bond donors (Lipinski definition) is 0. The van der Waals surface area contributed by atoms with Crippen LogP contribution in [-0.4, -0.2) is 58.6 Å². The Morgan fingerprint density at radius 3 is 2.36 bits per heavy atom. The van der Waals surface area contributed by atoms with E-state index in [4.69, 9.17) is 14.7 Å². The molecule has 39 heavy (non-hydrogen) atoms. The summed E-state index contributed by atoms with van der Waals surface area (Å²) in [4.78, 5) is 26.6. The number of aromatic nitrogens is 3. The minimum atomic E-state index is 0.00510. The van der Waals surface area contributed by atoms with Crippen LogP contribution in [0.4, 0.5) is 5.82 Å². The van der Waals surface area contributed by atoms with Crippen LogP contribution in [0.2, 0.25) is 0 Å². The van der Waals surface area contributed by atoms with Crippen molar-refractivity contribution in [1.29, 1.82) is 0 Å². The minimum absolute atomic E-state index is 0.00510. The van der Waals surface area contributed by atoms with E-state index in [-0.39, 0.29) is 5.91 Å². The van der Waals surface area contributed by atoms with Gasteiger partial charge in [0.25, 0.3) is 0 Å². The van der Waals surface area contributed by atoms with Crippen molar-refractivity contribution in [3.63, 3.8) is 0 Å². The lowest BCUT2D eigenvalue weighted by Gasteiger charge is -2.35. The highest BCUT2D eigenvalue weighted by atomic mass is 16.5. The Kier molecular flexibility index (Phi) is 6.78. The Hall–Kier alpha value is -4.91. The van der Waals surface area contributed by atoms with Gasteiger partial charge in [-0.15, -0.1) is 0 Å². The number of fused-ring (bicyclic) bond motifs is 1. The van der Waals surface area contributed by atoms with Crippen LogP contribution in [0.1, 0.15) is 5.56 Å². The van der Waals surface area contributed by atoms with Gasteiger partial charge in [-0.3, -0.25) is 4.79 Å². The molecule has 1 amide bonds. The molecule has 7 nitrogen and oxygen atoms in total. The van der Waals surface area contributed by atoms with E-state index >= 15 is 0 Å². The molecule has 0 aliphatic carbocycles. The maximum atomic E-state index is 12.9. The topological polar surface area (TPSA) is 63.5 Å². The van der Waals surface area contributed by atoms with Gasteiger partial charge in [-0.25, -0.2) is 9.97 Å². The van der Waals surface area contributed by atoms with Crippen LogP contribution in [0, 0.1) is 0 Å². The first-order valence-electron chi connectivity index (χ1n) is 13.0. The number of rotatable bonds is 6. The van der Waals surface area contributed by atoms with Crippen molar-refractivity contribution in [2.75, 3.05) is 38.2 Å². The second kappa shape index (κ2) is 10.8. The van der Waals surface area contributed by atoms with Gasteiger partial charge >= 0.3 is 0 Å². The van der Waals surface area contributed by atoms with Crippen LogP contribution in [-0.2, 0) is 4.79 Å². The average molecular weight is 516 g/mol. The van der Waals surface area contributed by atoms with Gasteiger partial charge in [0.1, 0.15) is 17.9 Å². The van der Waals surface area contributed by atoms with Crippen molar-refractivity contribution >= 4 is 28.8 Å². The quantitative estimate of drug-likeness (QED) is 0.281. The molecule has 0 unspecified atom stereocenters. The molecule has 3 aromatic carbocycles. The van der Waals surface area contributed by atoms with Gasteiger partial charge in [0.05, 0.1) is 12.5 Å². The number of ether oxygens (including phenoxy) is 1. The number of hydrogen-bond acceptors (Lipinski definition) is 5. The number of benzene rings is 3. The molecule has 5 aromatic rings. The van der Waals surface area contributed by atoms with Crippen molar-refractivity contribution in [1.82, 2.24) is 19.4 Å². The highest BCUT2D eigenvalue weighted by molar-refractivity contribution is 6.02. The Morgan fingerprint density at radius 1 is 0.872 bits per heavy atom. The van der Waals surface area contributed by atoms with E-state index in [0.717, 1.165) is 45.0 Å². The fourth-order valence-corrected chi connectivity index (χ4v) is 5.06. The summed E-state index contributed by atoms with van der Waals surface area (Å²) in [6.07, 6.45) is 7.27. The van der Waals surface area contributed by atoms with Crippen LogP contribution >= 0.6 is 0 Å². The van der Waals surface area contributed by atoms with Gasteiger partial charge in [0.15, 0.2) is 5.65 Å². The predicted octanol–water partition coefficient (Wildman–Crippen LogP) is 5.46. The Balaban J connectivity index is 1.27. The molecule has 0 bridgehead atoms. The summed E-state index contributed by atoms with van der Waals surface area (Å²) in [5.41, 5.74) is 5.05. The zero-order chi connectivity index (χ0) is 26.6. The number of piperazine rings is 1. The van der Waals surface area contributed by atoms with Crippen molar-refractivity contribution in [3.8, 4) is 22.6 Å². The first-order chi connectivity index (χ1) is 19.2. The van der Waals surface area contributed by atoms with E-state index in [1.165, 1.54) is 0 Å². The predicted molar refractivity (Wildman–Crippen MR) is 155 cm³/mol. The number of para-hydroxylation sites is 1. The van der Waals surface area contributed by atoms with Gasteiger partial charge in [0.2, 0.25) is 5.91 Å². The molecular formula is C32H29N5O2. The van der Waals surface area contributed by atoms with Gasteiger partial charge in [-0.2, -0.15) is 0 Å². The summed E-state index contributed by atoms with van der Waals surface area (Å²) in [5, 5.41) is 1.02. The second-order valence-electron chi connectivity index (χ2n) is 9.43. The summed E-state index contributed by atoms with van der Waals surface area (Å²) in [5.74, 6) is 1.67. The number of nitrogens with zero attached hydrogens (tertiary/aromatic N) is 5. The zero-order valence-electron chi connectivity index (χ0n) is 21.8. The summed E-state index contributed by atoms with van der Waals surface area (Å²) < 4.78 is 7.41. The molecule has 0 atom stereocenters. The average Bonchev–Trinajstić information content (AvgIpc) is 3.41. The zero-order valence-corrected chi connectivity index (χ0v) is 21.8. The summed E-state index contributed by atoms with van der Waals surface area (Å²) in [6.45, 7) is 2.62. The van der Waals surface area contributed by atoms with E-state index in [2.05, 4.69) is 39.9 Å². The van der Waals surface area contributed by atoms with Crippen LogP contribution in [0.25, 0.3) is 33.9 Å². The van der Waals surface area contributed by atoms with Crippen molar-refractivity contribution < 1.29 is 9.53 Å². The van der Waals surface area contributed by atoms with E-state index in [1.807, 2.05) is 71.6 Å². The molecule has 0 radical (unpaired) electrons. The lowest BCUT2D eigenvalue weighted by Crippen LogP contribution is -2.48. The van der Waals surface area contributed by atoms with Gasteiger partial charge in [-0.1, -0.05) is 60.7 Å². The normalized spacial score (nSPS) is 13.8. The SMILES string of the molecule is COc1cccc(C=CC(=O)N2CCN(c3ncnc4c3c(-c3ccccc3)cn4-c3ccccc3)CC2)c1. The van der Waals surface area contributed by atoms with Crippen LogP contribution in [0.5, 0.6) is 5.75 Å². The highest BCUT2D eigenvalue weighted by Gasteiger charge is 2.25. The van der Waals surface area contributed by atoms with Gasteiger partial charge in [0, 0.05) is 49.7 Å². The standard InChI is InChI=1S/C32H29N5O2/c1-39-27-14-8-9-24(21-27)15-16-29(38)35-17-19-36(20-18-35)31-30-28(25-10-4-2-5-11-25)22-37(32(30)34-23-33-31)26-12-6-3-7-13-26/h2-16,21-23H,17-20H2,1H3. The first kappa shape index (κ1) is 24.4. The third kappa shape index (κ3) is 4.99. The summed E-state index contributed by atoms with van der Waals surface area (Å²) >= 11 is 0. The summed E-state index contributed by atoms with van der Waals surface area (Å²) in [6, 6.07) is 28.3. The van der Waals surface area contributed by atoms with Crippen LogP contribution < -0.4 is 9.64 Å². The molecule has 0 saturated carbocycles. The number of carbonyl (C=O) groups is 1. The molecule has 194 valence electrons. The minimum Gasteiger partial charge on any atom is -0.497 e. The number of anilines is 1. The molecular weight excluding hydrogens is 486 g/mol. The van der Waals surface area contributed by atoms with Crippen LogP contribution in [0.15, 0.2) is 104 Å². The number of methoxy groups -OCH3 is 1. The first-order valence-corrected chi connectivity index (χ1v) is 13.0. The van der Waals surface area contributed by atoms with Crippen molar-refractivity contribution in [2.45, 2.75) is 0 Å². The smallest absolute Gasteiger partial charge is 0.246 e. The third-order valence-corrected chi connectivity index (χ3v) is 7.09.